The van der Waals surface area contributed by atoms with E-state index >= 15 is 0 Å². The van der Waals surface area contributed by atoms with Crippen molar-refractivity contribution in [2.75, 3.05) is 7.11 Å². The number of hydrogen-bond acceptors (Lipinski definition) is 2. The molecule has 1 atom stereocenters. The van der Waals surface area contributed by atoms with Gasteiger partial charge >= 0.3 is 0 Å². The zero-order chi connectivity index (χ0) is 11.0. The maximum absolute atomic E-state index is 5.32. The minimum atomic E-state index is 0.561. The van der Waals surface area contributed by atoms with Gasteiger partial charge in [-0.15, -0.1) is 0 Å². The maximum Gasteiger partial charge on any atom is 0.119 e. The van der Waals surface area contributed by atoms with Crippen LogP contribution in [0.25, 0.3) is 0 Å². The summed E-state index contributed by atoms with van der Waals surface area (Å²) in [7, 11) is 1.74. The summed E-state index contributed by atoms with van der Waals surface area (Å²) >= 11 is 0. The number of aryl methyl sites for hydroxylation is 1. The minimum absolute atomic E-state index is 0.561. The summed E-state index contributed by atoms with van der Waals surface area (Å²) in [5, 5.41) is 3.74. The van der Waals surface area contributed by atoms with Gasteiger partial charge in [-0.1, -0.05) is 6.07 Å². The van der Waals surface area contributed by atoms with Crippen molar-refractivity contribution in [3.05, 3.63) is 29.3 Å². The van der Waals surface area contributed by atoms with Crippen LogP contribution in [0.3, 0.4) is 0 Å². The maximum atomic E-state index is 5.32. The summed E-state index contributed by atoms with van der Waals surface area (Å²) in [6.45, 7) is 0. The van der Waals surface area contributed by atoms with Gasteiger partial charge in [-0.25, -0.2) is 0 Å². The van der Waals surface area contributed by atoms with Crippen LogP contribution in [0.5, 0.6) is 5.75 Å². The quantitative estimate of drug-likeness (QED) is 0.840. The fourth-order valence-electron chi connectivity index (χ4n) is 2.61. The van der Waals surface area contributed by atoms with Gasteiger partial charge in [0.2, 0.25) is 0 Å². The van der Waals surface area contributed by atoms with E-state index in [1.54, 1.807) is 7.11 Å². The van der Waals surface area contributed by atoms with Crippen LogP contribution in [0.1, 0.15) is 42.9 Å². The van der Waals surface area contributed by atoms with Gasteiger partial charge in [0.05, 0.1) is 7.11 Å². The van der Waals surface area contributed by atoms with Gasteiger partial charge in [0, 0.05) is 12.1 Å². The molecule has 0 saturated heterocycles. The first-order valence-corrected chi connectivity index (χ1v) is 6.29. The van der Waals surface area contributed by atoms with Crippen molar-refractivity contribution in [2.45, 2.75) is 44.2 Å². The smallest absolute Gasteiger partial charge is 0.119 e. The number of fused-ring (bicyclic) bond motifs is 1. The zero-order valence-electron chi connectivity index (χ0n) is 9.83. The molecular weight excluding hydrogens is 198 g/mol. The molecule has 1 aromatic carbocycles. The normalized spacial score (nSPS) is 23.9. The van der Waals surface area contributed by atoms with Crippen LogP contribution in [0.2, 0.25) is 0 Å². The van der Waals surface area contributed by atoms with E-state index in [9.17, 15) is 0 Å². The summed E-state index contributed by atoms with van der Waals surface area (Å²) in [6.07, 6.45) is 6.52. The van der Waals surface area contributed by atoms with Crippen LogP contribution in [0.15, 0.2) is 18.2 Å². The Morgan fingerprint density at radius 2 is 2.12 bits per heavy atom. The van der Waals surface area contributed by atoms with Crippen molar-refractivity contribution in [1.29, 1.82) is 0 Å². The average molecular weight is 217 g/mol. The third kappa shape index (κ3) is 1.94. The first kappa shape index (κ1) is 10.2. The van der Waals surface area contributed by atoms with Gasteiger partial charge < -0.3 is 10.1 Å². The van der Waals surface area contributed by atoms with Crippen LogP contribution in [0, 0.1) is 0 Å². The lowest BCUT2D eigenvalue weighted by atomic mass is 9.87. The first-order valence-electron chi connectivity index (χ1n) is 6.29. The third-order valence-electron chi connectivity index (χ3n) is 3.68. The standard InChI is InChI=1S/C14H19NO/c1-16-12-8-5-10-3-2-4-14(13(10)9-12)15-11-6-7-11/h5,8-9,11,14-15H,2-4,6-7H2,1H3. The largest absolute Gasteiger partial charge is 0.497 e. The van der Waals surface area contributed by atoms with Gasteiger partial charge in [0.15, 0.2) is 0 Å². The van der Waals surface area contributed by atoms with Crippen molar-refractivity contribution in [3.63, 3.8) is 0 Å². The molecule has 1 aromatic rings. The van der Waals surface area contributed by atoms with E-state index < -0.39 is 0 Å². The first-order chi connectivity index (χ1) is 7.86. The van der Waals surface area contributed by atoms with Crippen molar-refractivity contribution in [2.24, 2.45) is 0 Å². The topological polar surface area (TPSA) is 21.3 Å². The van der Waals surface area contributed by atoms with E-state index in [-0.39, 0.29) is 0 Å². The van der Waals surface area contributed by atoms with E-state index in [1.165, 1.54) is 43.2 Å². The molecule has 3 rings (SSSR count). The number of benzene rings is 1. The van der Waals surface area contributed by atoms with Gasteiger partial charge in [-0.05, 0) is 55.4 Å². The van der Waals surface area contributed by atoms with E-state index in [0.717, 1.165) is 11.8 Å². The van der Waals surface area contributed by atoms with Gasteiger partial charge in [-0.3, -0.25) is 0 Å². The highest BCUT2D eigenvalue weighted by Gasteiger charge is 2.28. The van der Waals surface area contributed by atoms with Crippen molar-refractivity contribution < 1.29 is 4.74 Å². The Morgan fingerprint density at radius 1 is 1.25 bits per heavy atom. The molecule has 86 valence electrons. The summed E-state index contributed by atoms with van der Waals surface area (Å²) in [5.74, 6) is 0.989. The number of hydrogen-bond donors (Lipinski definition) is 1. The van der Waals surface area contributed by atoms with E-state index in [1.807, 2.05) is 0 Å². The predicted molar refractivity (Wildman–Crippen MR) is 64.8 cm³/mol. The monoisotopic (exact) mass is 217 g/mol. The fraction of sp³-hybridized carbons (Fsp3) is 0.571. The van der Waals surface area contributed by atoms with Gasteiger partial charge in [0.25, 0.3) is 0 Å². The molecule has 1 N–H and O–H groups in total. The third-order valence-corrected chi connectivity index (χ3v) is 3.68. The molecule has 2 heteroatoms. The summed E-state index contributed by atoms with van der Waals surface area (Å²) < 4.78 is 5.32. The number of nitrogens with one attached hydrogen (secondary N) is 1. The summed E-state index contributed by atoms with van der Waals surface area (Å²) in [5.41, 5.74) is 2.97. The van der Waals surface area contributed by atoms with Crippen LogP contribution >= 0.6 is 0 Å². The van der Waals surface area contributed by atoms with Crippen molar-refractivity contribution >= 4 is 0 Å². The Kier molecular flexibility index (Phi) is 2.60. The number of rotatable bonds is 3. The molecule has 0 heterocycles. The molecule has 0 amide bonds. The summed E-state index contributed by atoms with van der Waals surface area (Å²) in [6, 6.07) is 7.87. The molecule has 0 aliphatic heterocycles. The Labute approximate surface area is 97.0 Å². The molecule has 2 nitrogen and oxygen atoms in total. The molecule has 0 aromatic heterocycles. The second-order valence-electron chi connectivity index (χ2n) is 4.95. The molecule has 1 saturated carbocycles. The van der Waals surface area contributed by atoms with Crippen molar-refractivity contribution in [1.82, 2.24) is 5.32 Å². The Bertz CT molecular complexity index is 384. The zero-order valence-corrected chi connectivity index (χ0v) is 9.83. The lowest BCUT2D eigenvalue weighted by Crippen LogP contribution is -2.26. The second kappa shape index (κ2) is 4.10. The molecule has 0 bridgehead atoms. The summed E-state index contributed by atoms with van der Waals surface area (Å²) in [4.78, 5) is 0. The van der Waals surface area contributed by atoms with Crippen LogP contribution < -0.4 is 10.1 Å². The van der Waals surface area contributed by atoms with Crippen LogP contribution in [-0.2, 0) is 6.42 Å². The molecule has 2 aliphatic carbocycles. The van der Waals surface area contributed by atoms with Crippen molar-refractivity contribution in [3.8, 4) is 5.75 Å². The SMILES string of the molecule is COc1ccc2c(c1)C(NC1CC1)CCC2. The van der Waals surface area contributed by atoms with Gasteiger partial charge in [-0.2, -0.15) is 0 Å². The lowest BCUT2D eigenvalue weighted by molar-refractivity contribution is 0.408. The highest BCUT2D eigenvalue weighted by atomic mass is 16.5. The second-order valence-corrected chi connectivity index (χ2v) is 4.95. The number of ether oxygens (including phenoxy) is 1. The van der Waals surface area contributed by atoms with Crippen LogP contribution in [0.4, 0.5) is 0 Å². The average Bonchev–Trinajstić information content (AvgIpc) is 3.13. The predicted octanol–water partition coefficient (Wildman–Crippen LogP) is 2.82. The van der Waals surface area contributed by atoms with E-state index in [0.29, 0.717) is 6.04 Å². The Balaban J connectivity index is 1.88. The molecule has 1 unspecified atom stereocenters. The molecule has 0 spiro atoms. The Morgan fingerprint density at radius 3 is 2.88 bits per heavy atom. The molecule has 2 aliphatic rings. The highest BCUT2D eigenvalue weighted by Crippen LogP contribution is 2.34. The van der Waals surface area contributed by atoms with E-state index in [4.69, 9.17) is 4.74 Å². The van der Waals surface area contributed by atoms with Gasteiger partial charge in [0.1, 0.15) is 5.75 Å². The molecular formula is C14H19NO. The van der Waals surface area contributed by atoms with Crippen LogP contribution in [-0.4, -0.2) is 13.2 Å². The lowest BCUT2D eigenvalue weighted by Gasteiger charge is -2.27. The molecule has 0 radical (unpaired) electrons. The Hall–Kier alpha value is -1.02. The highest BCUT2D eigenvalue weighted by molar-refractivity contribution is 5.39. The fourth-order valence-corrected chi connectivity index (χ4v) is 2.61. The molecule has 1 fully saturated rings. The van der Waals surface area contributed by atoms with E-state index in [2.05, 4.69) is 23.5 Å². The molecule has 16 heavy (non-hydrogen) atoms. The minimum Gasteiger partial charge on any atom is -0.497 e. The number of methoxy groups -OCH3 is 1.